The van der Waals surface area contributed by atoms with Gasteiger partial charge in [0.05, 0.1) is 6.04 Å². The summed E-state index contributed by atoms with van der Waals surface area (Å²) in [5.41, 5.74) is 3.54. The number of benzene rings is 3. The number of nitrogens with one attached hydrogen (secondary N) is 1. The van der Waals surface area contributed by atoms with Gasteiger partial charge in [0.25, 0.3) is 0 Å². The summed E-state index contributed by atoms with van der Waals surface area (Å²) < 4.78 is 5.98. The van der Waals surface area contributed by atoms with Crippen molar-refractivity contribution in [3.05, 3.63) is 126 Å². The van der Waals surface area contributed by atoms with Crippen LogP contribution in [0.15, 0.2) is 110 Å². The minimum Gasteiger partial charge on any atom is -0.375 e. The first-order valence-corrected chi connectivity index (χ1v) is 10.0. The maximum absolute atomic E-state index is 5.98. The number of ether oxygens (including phenoxy) is 1. The van der Waals surface area contributed by atoms with Gasteiger partial charge in [-0.2, -0.15) is 0 Å². The van der Waals surface area contributed by atoms with Crippen molar-refractivity contribution >= 4 is 6.08 Å². The fraction of sp³-hybridized carbons (Fsp3) is 0.185. The number of hydrogen-bond acceptors (Lipinski definition) is 2. The Kier molecular flexibility index (Phi) is 8.00. The Labute approximate surface area is 174 Å². The summed E-state index contributed by atoms with van der Waals surface area (Å²) in [5, 5.41) is 3.81. The van der Waals surface area contributed by atoms with Crippen molar-refractivity contribution in [1.82, 2.24) is 5.32 Å². The SMILES string of the molecule is C=CC[C@H](/C=C/c1ccccc1)N[C@H](c1ccccc1)[C@@H](OC)c1ccccc1. The standard InChI is InChI=1S/C27H29NO/c1-3-13-25(21-20-22-14-7-4-8-15-22)28-26(23-16-9-5-10-17-23)27(29-2)24-18-11-6-12-19-24/h3-12,14-21,25-28H,1,13H2,2H3/b21-20+/t25-,26-,27+/m1/s1. The van der Waals surface area contributed by atoms with Crippen LogP contribution in [-0.2, 0) is 4.74 Å². The molecular weight excluding hydrogens is 354 g/mol. The molecule has 0 aromatic heterocycles. The molecule has 148 valence electrons. The third-order valence-electron chi connectivity index (χ3n) is 4.98. The van der Waals surface area contributed by atoms with Gasteiger partial charge in [-0.05, 0) is 23.1 Å². The molecule has 2 heteroatoms. The Morgan fingerprint density at radius 2 is 1.38 bits per heavy atom. The van der Waals surface area contributed by atoms with Crippen molar-refractivity contribution in [2.24, 2.45) is 0 Å². The molecule has 0 saturated carbocycles. The van der Waals surface area contributed by atoms with E-state index in [1.165, 1.54) is 11.1 Å². The molecule has 0 aliphatic rings. The normalized spacial score (nSPS) is 14.4. The largest absolute Gasteiger partial charge is 0.375 e. The van der Waals surface area contributed by atoms with Gasteiger partial charge in [0.15, 0.2) is 0 Å². The molecule has 0 radical (unpaired) electrons. The van der Waals surface area contributed by atoms with Gasteiger partial charge in [0.1, 0.15) is 6.10 Å². The van der Waals surface area contributed by atoms with Crippen LogP contribution in [-0.4, -0.2) is 13.2 Å². The maximum atomic E-state index is 5.98. The zero-order chi connectivity index (χ0) is 20.3. The molecule has 0 amide bonds. The van der Waals surface area contributed by atoms with E-state index >= 15 is 0 Å². The van der Waals surface area contributed by atoms with Gasteiger partial charge in [0.2, 0.25) is 0 Å². The summed E-state index contributed by atoms with van der Waals surface area (Å²) in [5.74, 6) is 0. The third kappa shape index (κ3) is 6.02. The molecule has 3 atom stereocenters. The van der Waals surface area contributed by atoms with E-state index in [9.17, 15) is 0 Å². The zero-order valence-electron chi connectivity index (χ0n) is 16.9. The number of methoxy groups -OCH3 is 1. The van der Waals surface area contributed by atoms with Crippen LogP contribution in [0.25, 0.3) is 6.08 Å². The minimum absolute atomic E-state index is 0.00831. The Morgan fingerprint density at radius 1 is 0.828 bits per heavy atom. The summed E-state index contributed by atoms with van der Waals surface area (Å²) in [7, 11) is 1.78. The van der Waals surface area contributed by atoms with Crippen molar-refractivity contribution in [3.8, 4) is 0 Å². The highest BCUT2D eigenvalue weighted by atomic mass is 16.5. The van der Waals surface area contributed by atoms with Crippen LogP contribution in [0, 0.1) is 0 Å². The van der Waals surface area contributed by atoms with Crippen LogP contribution in [0.2, 0.25) is 0 Å². The first kappa shape index (κ1) is 20.8. The Bertz CT molecular complexity index is 874. The van der Waals surface area contributed by atoms with Gasteiger partial charge in [-0.3, -0.25) is 0 Å². The quantitative estimate of drug-likeness (QED) is 0.411. The van der Waals surface area contributed by atoms with E-state index in [4.69, 9.17) is 4.74 Å². The van der Waals surface area contributed by atoms with Crippen molar-refractivity contribution in [1.29, 1.82) is 0 Å². The predicted octanol–water partition coefficient (Wildman–Crippen LogP) is 6.36. The highest BCUT2D eigenvalue weighted by Gasteiger charge is 2.26. The van der Waals surface area contributed by atoms with E-state index in [2.05, 4.69) is 96.8 Å². The second-order valence-corrected chi connectivity index (χ2v) is 7.02. The van der Waals surface area contributed by atoms with Gasteiger partial charge < -0.3 is 10.1 Å². The Balaban J connectivity index is 1.90. The molecule has 0 heterocycles. The molecule has 0 aliphatic heterocycles. The van der Waals surface area contributed by atoms with E-state index in [1.807, 2.05) is 24.3 Å². The lowest BCUT2D eigenvalue weighted by Crippen LogP contribution is -2.35. The van der Waals surface area contributed by atoms with Crippen LogP contribution in [0.5, 0.6) is 0 Å². The first-order chi connectivity index (χ1) is 14.3. The second-order valence-electron chi connectivity index (χ2n) is 7.02. The van der Waals surface area contributed by atoms with Crippen molar-refractivity contribution in [2.45, 2.75) is 24.6 Å². The monoisotopic (exact) mass is 383 g/mol. The molecule has 3 aromatic carbocycles. The molecule has 0 unspecified atom stereocenters. The highest BCUT2D eigenvalue weighted by molar-refractivity contribution is 5.49. The van der Waals surface area contributed by atoms with E-state index in [0.717, 1.165) is 12.0 Å². The lowest BCUT2D eigenvalue weighted by Gasteiger charge is -2.31. The smallest absolute Gasteiger partial charge is 0.102 e. The molecule has 0 fully saturated rings. The topological polar surface area (TPSA) is 21.3 Å². The molecule has 2 nitrogen and oxygen atoms in total. The minimum atomic E-state index is -0.101. The van der Waals surface area contributed by atoms with Crippen molar-refractivity contribution in [3.63, 3.8) is 0 Å². The first-order valence-electron chi connectivity index (χ1n) is 10.0. The average molecular weight is 384 g/mol. The fourth-order valence-corrected chi connectivity index (χ4v) is 3.53. The molecule has 0 bridgehead atoms. The van der Waals surface area contributed by atoms with Crippen LogP contribution in [0.3, 0.4) is 0 Å². The maximum Gasteiger partial charge on any atom is 0.102 e. The molecule has 0 spiro atoms. The van der Waals surface area contributed by atoms with Crippen LogP contribution in [0.4, 0.5) is 0 Å². The summed E-state index contributed by atoms with van der Waals surface area (Å²) in [4.78, 5) is 0. The molecule has 0 saturated heterocycles. The van der Waals surface area contributed by atoms with Gasteiger partial charge in [-0.1, -0.05) is 109 Å². The molecule has 29 heavy (non-hydrogen) atoms. The lowest BCUT2D eigenvalue weighted by molar-refractivity contribution is 0.0651. The van der Waals surface area contributed by atoms with Crippen LogP contribution >= 0.6 is 0 Å². The highest BCUT2D eigenvalue weighted by Crippen LogP contribution is 2.32. The second kappa shape index (κ2) is 11.2. The van der Waals surface area contributed by atoms with Gasteiger partial charge in [0, 0.05) is 13.2 Å². The average Bonchev–Trinajstić information content (AvgIpc) is 2.79. The van der Waals surface area contributed by atoms with Crippen LogP contribution in [0.1, 0.15) is 35.3 Å². The zero-order valence-corrected chi connectivity index (χ0v) is 16.9. The number of hydrogen-bond donors (Lipinski definition) is 1. The van der Waals surface area contributed by atoms with Crippen molar-refractivity contribution in [2.75, 3.05) is 7.11 Å². The van der Waals surface area contributed by atoms with Gasteiger partial charge >= 0.3 is 0 Å². The van der Waals surface area contributed by atoms with E-state index in [-0.39, 0.29) is 18.2 Å². The van der Waals surface area contributed by atoms with E-state index < -0.39 is 0 Å². The Morgan fingerprint density at radius 3 is 1.93 bits per heavy atom. The van der Waals surface area contributed by atoms with Gasteiger partial charge in [-0.15, -0.1) is 6.58 Å². The molecule has 0 aliphatic carbocycles. The Hall–Kier alpha value is -2.94. The van der Waals surface area contributed by atoms with Gasteiger partial charge in [-0.25, -0.2) is 0 Å². The number of rotatable bonds is 10. The third-order valence-corrected chi connectivity index (χ3v) is 4.98. The lowest BCUT2D eigenvalue weighted by atomic mass is 9.94. The summed E-state index contributed by atoms with van der Waals surface area (Å²) in [6.45, 7) is 3.95. The fourth-order valence-electron chi connectivity index (χ4n) is 3.53. The van der Waals surface area contributed by atoms with Crippen LogP contribution < -0.4 is 5.32 Å². The summed E-state index contributed by atoms with van der Waals surface area (Å²) in [6, 6.07) is 31.4. The predicted molar refractivity (Wildman–Crippen MR) is 123 cm³/mol. The molecule has 3 aromatic rings. The summed E-state index contributed by atoms with van der Waals surface area (Å²) >= 11 is 0. The molecule has 1 N–H and O–H groups in total. The summed E-state index contributed by atoms with van der Waals surface area (Å²) in [6.07, 6.45) is 7.06. The van der Waals surface area contributed by atoms with E-state index in [1.54, 1.807) is 7.11 Å². The van der Waals surface area contributed by atoms with Crippen molar-refractivity contribution < 1.29 is 4.74 Å². The van der Waals surface area contributed by atoms with E-state index in [0.29, 0.717) is 0 Å². The molecular formula is C27H29NO. The molecule has 3 rings (SSSR count).